The van der Waals surface area contributed by atoms with E-state index in [1.165, 1.54) is 33.4 Å². The summed E-state index contributed by atoms with van der Waals surface area (Å²) >= 11 is 0. The maximum absolute atomic E-state index is 2.21. The molecule has 3 aromatic rings. The first-order valence-corrected chi connectivity index (χ1v) is 6.98. The van der Waals surface area contributed by atoms with Crippen molar-refractivity contribution in [2.45, 2.75) is 13.8 Å². The molecule has 0 aliphatic heterocycles. The van der Waals surface area contributed by atoms with Crippen molar-refractivity contribution in [3.63, 3.8) is 0 Å². The lowest BCUT2D eigenvalue weighted by Gasteiger charge is -2.13. The van der Waals surface area contributed by atoms with Gasteiger partial charge in [-0.2, -0.15) is 0 Å². The highest BCUT2D eigenvalue weighted by molar-refractivity contribution is 5.79. The zero-order chi connectivity index (χ0) is 13.9. The quantitative estimate of drug-likeness (QED) is 0.558. The molecular formula is C20H18. The van der Waals surface area contributed by atoms with E-state index >= 15 is 0 Å². The highest BCUT2D eigenvalue weighted by Crippen LogP contribution is 2.32. The van der Waals surface area contributed by atoms with Gasteiger partial charge in [0.25, 0.3) is 0 Å². The number of hydrogen-bond donors (Lipinski definition) is 0. The van der Waals surface area contributed by atoms with Gasteiger partial charge in [-0.25, -0.2) is 0 Å². The summed E-state index contributed by atoms with van der Waals surface area (Å²) in [5.74, 6) is 0. The predicted octanol–water partition coefficient (Wildman–Crippen LogP) is 5.64. The third-order valence-electron chi connectivity index (χ3n) is 3.85. The highest BCUT2D eigenvalue weighted by atomic mass is 14.1. The summed E-state index contributed by atoms with van der Waals surface area (Å²) in [6.45, 7) is 4.38. The van der Waals surface area contributed by atoms with Gasteiger partial charge in [-0.1, -0.05) is 72.8 Å². The van der Waals surface area contributed by atoms with Gasteiger partial charge >= 0.3 is 0 Å². The molecule has 98 valence electrons. The summed E-state index contributed by atoms with van der Waals surface area (Å²) in [5, 5.41) is 0. The number of aryl methyl sites for hydroxylation is 1. The van der Waals surface area contributed by atoms with E-state index in [-0.39, 0.29) is 0 Å². The Labute approximate surface area is 120 Å². The molecule has 0 nitrogen and oxygen atoms in total. The van der Waals surface area contributed by atoms with Crippen molar-refractivity contribution in [1.82, 2.24) is 0 Å². The highest BCUT2D eigenvalue weighted by Gasteiger charge is 2.08. The molecule has 3 aromatic carbocycles. The first-order valence-electron chi connectivity index (χ1n) is 6.98. The van der Waals surface area contributed by atoms with Gasteiger partial charge in [0.15, 0.2) is 0 Å². The largest absolute Gasteiger partial charge is 0.0622 e. The first kappa shape index (κ1) is 12.7. The van der Waals surface area contributed by atoms with Crippen LogP contribution in [0.3, 0.4) is 0 Å². The molecule has 0 heteroatoms. The molecule has 0 amide bonds. The van der Waals surface area contributed by atoms with Crippen LogP contribution >= 0.6 is 0 Å². The van der Waals surface area contributed by atoms with E-state index in [0.717, 1.165) is 0 Å². The number of rotatable bonds is 2. The van der Waals surface area contributed by atoms with E-state index in [2.05, 4.69) is 86.6 Å². The maximum atomic E-state index is 2.21. The standard InChI is InChI=1S/C20H18/c1-15-9-6-7-12-18(15)20-14-8-13-19(16(20)2)17-10-4-3-5-11-17/h3-14H,1-2H3. The Balaban J connectivity index is 2.19. The van der Waals surface area contributed by atoms with E-state index in [9.17, 15) is 0 Å². The minimum Gasteiger partial charge on any atom is -0.0622 e. The lowest BCUT2D eigenvalue weighted by Crippen LogP contribution is -1.90. The fourth-order valence-electron chi connectivity index (χ4n) is 2.73. The molecule has 0 fully saturated rings. The maximum Gasteiger partial charge on any atom is -0.0146 e. The van der Waals surface area contributed by atoms with Gasteiger partial charge in [-0.3, -0.25) is 0 Å². The van der Waals surface area contributed by atoms with Crippen LogP contribution in [0.15, 0.2) is 72.8 Å². The van der Waals surface area contributed by atoms with Gasteiger partial charge in [0.1, 0.15) is 0 Å². The minimum atomic E-state index is 1.28. The Bertz CT molecular complexity index is 724. The van der Waals surface area contributed by atoms with Crippen molar-refractivity contribution in [1.29, 1.82) is 0 Å². The van der Waals surface area contributed by atoms with Crippen LogP contribution in [0.25, 0.3) is 22.3 Å². The summed E-state index contributed by atoms with van der Waals surface area (Å²) in [6.07, 6.45) is 0. The second-order valence-electron chi connectivity index (χ2n) is 5.16. The molecule has 0 heterocycles. The smallest absolute Gasteiger partial charge is 0.0146 e. The molecule has 0 unspecified atom stereocenters. The van der Waals surface area contributed by atoms with Gasteiger partial charge in [-0.05, 0) is 47.2 Å². The van der Waals surface area contributed by atoms with Gasteiger partial charge in [0.05, 0.1) is 0 Å². The second-order valence-corrected chi connectivity index (χ2v) is 5.16. The Hall–Kier alpha value is -2.34. The SMILES string of the molecule is Cc1ccccc1-c1cccc(-c2ccccc2)c1C. The van der Waals surface area contributed by atoms with Crippen LogP contribution in [0.4, 0.5) is 0 Å². The fourth-order valence-corrected chi connectivity index (χ4v) is 2.73. The first-order chi connectivity index (χ1) is 9.77. The minimum absolute atomic E-state index is 1.28. The van der Waals surface area contributed by atoms with Crippen molar-refractivity contribution in [3.05, 3.63) is 83.9 Å². The Morgan fingerprint density at radius 3 is 1.85 bits per heavy atom. The lowest BCUT2D eigenvalue weighted by molar-refractivity contribution is 1.40. The topological polar surface area (TPSA) is 0 Å². The Morgan fingerprint density at radius 1 is 0.500 bits per heavy atom. The van der Waals surface area contributed by atoms with Crippen molar-refractivity contribution in [3.8, 4) is 22.3 Å². The normalized spacial score (nSPS) is 10.5. The van der Waals surface area contributed by atoms with Gasteiger partial charge < -0.3 is 0 Å². The van der Waals surface area contributed by atoms with Crippen LogP contribution in [-0.2, 0) is 0 Å². The molecule has 0 radical (unpaired) electrons. The summed E-state index contributed by atoms with van der Waals surface area (Å²) in [5.41, 5.74) is 7.90. The number of hydrogen-bond acceptors (Lipinski definition) is 0. The zero-order valence-electron chi connectivity index (χ0n) is 11.9. The van der Waals surface area contributed by atoms with Crippen molar-refractivity contribution in [2.75, 3.05) is 0 Å². The van der Waals surface area contributed by atoms with Gasteiger partial charge in [0, 0.05) is 0 Å². The molecule has 0 spiro atoms. The molecule has 0 N–H and O–H groups in total. The zero-order valence-corrected chi connectivity index (χ0v) is 11.9. The molecule has 0 aliphatic rings. The average Bonchev–Trinajstić information content (AvgIpc) is 2.49. The lowest BCUT2D eigenvalue weighted by atomic mass is 9.91. The third-order valence-corrected chi connectivity index (χ3v) is 3.85. The van der Waals surface area contributed by atoms with Crippen LogP contribution in [-0.4, -0.2) is 0 Å². The van der Waals surface area contributed by atoms with E-state index in [4.69, 9.17) is 0 Å². The molecule has 3 rings (SSSR count). The molecule has 0 saturated carbocycles. The summed E-state index contributed by atoms with van der Waals surface area (Å²) in [7, 11) is 0. The van der Waals surface area contributed by atoms with Crippen LogP contribution in [0.1, 0.15) is 11.1 Å². The second kappa shape index (κ2) is 5.34. The molecule has 20 heavy (non-hydrogen) atoms. The molecule has 0 aromatic heterocycles. The van der Waals surface area contributed by atoms with Crippen LogP contribution in [0.2, 0.25) is 0 Å². The Kier molecular flexibility index (Phi) is 3.39. The number of benzene rings is 3. The summed E-state index contributed by atoms with van der Waals surface area (Å²) in [6, 6.07) is 25.7. The van der Waals surface area contributed by atoms with Crippen LogP contribution < -0.4 is 0 Å². The van der Waals surface area contributed by atoms with Crippen LogP contribution in [0, 0.1) is 13.8 Å². The Morgan fingerprint density at radius 2 is 1.10 bits per heavy atom. The average molecular weight is 258 g/mol. The molecule has 0 aliphatic carbocycles. The van der Waals surface area contributed by atoms with E-state index in [0.29, 0.717) is 0 Å². The van der Waals surface area contributed by atoms with E-state index in [1.807, 2.05) is 0 Å². The summed E-state index contributed by atoms with van der Waals surface area (Å²) in [4.78, 5) is 0. The molecule has 0 bridgehead atoms. The van der Waals surface area contributed by atoms with Gasteiger partial charge in [0.2, 0.25) is 0 Å². The predicted molar refractivity (Wildman–Crippen MR) is 86.8 cm³/mol. The van der Waals surface area contributed by atoms with Crippen molar-refractivity contribution in [2.24, 2.45) is 0 Å². The summed E-state index contributed by atoms with van der Waals surface area (Å²) < 4.78 is 0. The molecular weight excluding hydrogens is 240 g/mol. The van der Waals surface area contributed by atoms with Crippen molar-refractivity contribution >= 4 is 0 Å². The third kappa shape index (κ3) is 2.25. The van der Waals surface area contributed by atoms with Crippen molar-refractivity contribution < 1.29 is 0 Å². The molecule has 0 atom stereocenters. The van der Waals surface area contributed by atoms with E-state index < -0.39 is 0 Å². The fraction of sp³-hybridized carbons (Fsp3) is 0.100. The van der Waals surface area contributed by atoms with E-state index in [1.54, 1.807) is 0 Å². The van der Waals surface area contributed by atoms with Gasteiger partial charge in [-0.15, -0.1) is 0 Å². The monoisotopic (exact) mass is 258 g/mol. The molecule has 0 saturated heterocycles. The van der Waals surface area contributed by atoms with Crippen LogP contribution in [0.5, 0.6) is 0 Å².